The maximum absolute atomic E-state index is 11.9. The van der Waals surface area contributed by atoms with Crippen molar-refractivity contribution < 1.29 is 9.53 Å². The molecule has 3 rings (SSSR count). The van der Waals surface area contributed by atoms with Gasteiger partial charge in [0.25, 0.3) is 5.91 Å². The molecule has 2 aromatic rings. The highest BCUT2D eigenvalue weighted by molar-refractivity contribution is 5.78. The molecule has 4 heteroatoms. The minimum Gasteiger partial charge on any atom is -0.484 e. The number of ether oxygens (including phenoxy) is 1. The summed E-state index contributed by atoms with van der Waals surface area (Å²) in [7, 11) is 0. The Bertz CT molecular complexity index is 630. The summed E-state index contributed by atoms with van der Waals surface area (Å²) in [5.74, 6) is 0.509. The van der Waals surface area contributed by atoms with Crippen molar-refractivity contribution in [1.29, 1.82) is 0 Å². The maximum atomic E-state index is 11.9. The first-order valence-corrected chi connectivity index (χ1v) is 7.05. The predicted molar refractivity (Wildman–Crippen MR) is 82.1 cm³/mol. The van der Waals surface area contributed by atoms with E-state index in [4.69, 9.17) is 10.5 Å². The average molecular weight is 282 g/mol. The second-order valence-electron chi connectivity index (χ2n) is 5.30. The lowest BCUT2D eigenvalue weighted by Gasteiger charge is -2.12. The van der Waals surface area contributed by atoms with Gasteiger partial charge in [0.2, 0.25) is 0 Å². The molecule has 0 saturated carbocycles. The Labute approximate surface area is 123 Å². The van der Waals surface area contributed by atoms with Crippen molar-refractivity contribution >= 4 is 11.6 Å². The maximum Gasteiger partial charge on any atom is 0.258 e. The van der Waals surface area contributed by atoms with Gasteiger partial charge in [-0.1, -0.05) is 30.3 Å². The van der Waals surface area contributed by atoms with Crippen molar-refractivity contribution in [2.24, 2.45) is 0 Å². The van der Waals surface area contributed by atoms with Gasteiger partial charge in [-0.15, -0.1) is 0 Å². The molecule has 21 heavy (non-hydrogen) atoms. The van der Waals surface area contributed by atoms with Crippen molar-refractivity contribution in [2.45, 2.75) is 18.9 Å². The first-order chi connectivity index (χ1) is 10.2. The van der Waals surface area contributed by atoms with Crippen LogP contribution in [0, 0.1) is 0 Å². The Hall–Kier alpha value is -2.49. The van der Waals surface area contributed by atoms with Crippen molar-refractivity contribution in [3.63, 3.8) is 0 Å². The number of fused-ring (bicyclic) bond motifs is 1. The van der Waals surface area contributed by atoms with Gasteiger partial charge in [0.05, 0.1) is 0 Å². The molecule has 1 aliphatic carbocycles. The molecule has 108 valence electrons. The normalized spacial score (nSPS) is 13.7. The Balaban J connectivity index is 1.50. The van der Waals surface area contributed by atoms with Gasteiger partial charge in [0.15, 0.2) is 6.61 Å². The molecule has 0 atom stereocenters. The Morgan fingerprint density at radius 3 is 2.52 bits per heavy atom. The van der Waals surface area contributed by atoms with Crippen LogP contribution in [-0.2, 0) is 17.6 Å². The summed E-state index contributed by atoms with van der Waals surface area (Å²) in [6.07, 6.45) is 1.78. The van der Waals surface area contributed by atoms with E-state index in [0.29, 0.717) is 11.4 Å². The van der Waals surface area contributed by atoms with E-state index >= 15 is 0 Å². The molecule has 0 aliphatic heterocycles. The summed E-state index contributed by atoms with van der Waals surface area (Å²) in [5.41, 5.74) is 8.93. The lowest BCUT2D eigenvalue weighted by molar-refractivity contribution is -0.123. The van der Waals surface area contributed by atoms with Crippen molar-refractivity contribution in [3.8, 4) is 5.75 Å². The van der Waals surface area contributed by atoms with Crippen LogP contribution < -0.4 is 15.8 Å². The first kappa shape index (κ1) is 13.5. The van der Waals surface area contributed by atoms with Crippen LogP contribution in [0.1, 0.15) is 11.1 Å². The molecule has 2 aromatic carbocycles. The Kier molecular flexibility index (Phi) is 3.77. The molecule has 0 aromatic heterocycles. The molecule has 0 heterocycles. The summed E-state index contributed by atoms with van der Waals surface area (Å²) < 4.78 is 5.44. The summed E-state index contributed by atoms with van der Waals surface area (Å²) >= 11 is 0. The highest BCUT2D eigenvalue weighted by atomic mass is 16.5. The Morgan fingerprint density at radius 1 is 1.14 bits per heavy atom. The van der Waals surface area contributed by atoms with E-state index in [9.17, 15) is 4.79 Å². The molecule has 0 saturated heterocycles. The van der Waals surface area contributed by atoms with Crippen molar-refractivity contribution in [3.05, 3.63) is 59.7 Å². The van der Waals surface area contributed by atoms with Gasteiger partial charge in [0, 0.05) is 17.8 Å². The van der Waals surface area contributed by atoms with Gasteiger partial charge in [-0.2, -0.15) is 0 Å². The topological polar surface area (TPSA) is 64.3 Å². The van der Waals surface area contributed by atoms with E-state index in [1.807, 2.05) is 12.1 Å². The summed E-state index contributed by atoms with van der Waals surface area (Å²) in [4.78, 5) is 11.9. The molecular weight excluding hydrogens is 264 g/mol. The molecule has 0 bridgehead atoms. The number of rotatable bonds is 4. The van der Waals surface area contributed by atoms with Gasteiger partial charge in [-0.3, -0.25) is 4.79 Å². The van der Waals surface area contributed by atoms with E-state index in [2.05, 4.69) is 17.4 Å². The Morgan fingerprint density at radius 2 is 1.86 bits per heavy atom. The number of anilines is 1. The fraction of sp³-hybridized carbons (Fsp3) is 0.235. The SMILES string of the molecule is Nc1cccc(OCC(=O)NC2Cc3ccccc3C2)c1. The molecule has 1 aliphatic rings. The highest BCUT2D eigenvalue weighted by Crippen LogP contribution is 2.21. The van der Waals surface area contributed by atoms with Gasteiger partial charge >= 0.3 is 0 Å². The lowest BCUT2D eigenvalue weighted by atomic mass is 10.1. The van der Waals surface area contributed by atoms with Crippen LogP contribution >= 0.6 is 0 Å². The van der Waals surface area contributed by atoms with Gasteiger partial charge < -0.3 is 15.8 Å². The molecule has 0 fully saturated rings. The number of carbonyl (C=O) groups is 1. The van der Waals surface area contributed by atoms with Crippen molar-refractivity contribution in [1.82, 2.24) is 5.32 Å². The molecule has 0 spiro atoms. The molecular formula is C17H18N2O2. The zero-order valence-electron chi connectivity index (χ0n) is 11.7. The third-order valence-corrected chi connectivity index (χ3v) is 3.64. The second kappa shape index (κ2) is 5.87. The lowest BCUT2D eigenvalue weighted by Crippen LogP contribution is -2.38. The minimum absolute atomic E-state index is 0.0102. The molecule has 0 unspecified atom stereocenters. The van der Waals surface area contributed by atoms with E-state index in [1.165, 1.54) is 11.1 Å². The quantitative estimate of drug-likeness (QED) is 0.842. The number of nitrogens with two attached hydrogens (primary N) is 1. The number of amides is 1. The predicted octanol–water partition coefficient (Wildman–Crippen LogP) is 1.93. The summed E-state index contributed by atoms with van der Waals surface area (Å²) in [6, 6.07) is 15.5. The minimum atomic E-state index is -0.102. The molecule has 0 radical (unpaired) electrons. The van der Waals surface area contributed by atoms with Crippen LogP contribution in [0.2, 0.25) is 0 Å². The van der Waals surface area contributed by atoms with Gasteiger partial charge in [-0.05, 0) is 36.1 Å². The zero-order chi connectivity index (χ0) is 14.7. The largest absolute Gasteiger partial charge is 0.484 e. The first-order valence-electron chi connectivity index (χ1n) is 7.05. The summed E-state index contributed by atoms with van der Waals surface area (Å²) in [6.45, 7) is 0.0102. The number of carbonyl (C=O) groups excluding carboxylic acids is 1. The van der Waals surface area contributed by atoms with Crippen LogP contribution in [0.5, 0.6) is 5.75 Å². The monoisotopic (exact) mass is 282 g/mol. The third-order valence-electron chi connectivity index (χ3n) is 3.64. The summed E-state index contributed by atoms with van der Waals surface area (Å²) in [5, 5.41) is 3.02. The standard InChI is InChI=1S/C17H18N2O2/c18-14-6-3-7-16(10-14)21-11-17(20)19-15-8-12-4-1-2-5-13(12)9-15/h1-7,10,15H,8-9,11,18H2,(H,19,20). The van der Waals surface area contributed by atoms with Crippen LogP contribution in [0.3, 0.4) is 0 Å². The number of benzene rings is 2. The second-order valence-corrected chi connectivity index (χ2v) is 5.30. The van der Waals surface area contributed by atoms with E-state index in [-0.39, 0.29) is 18.6 Å². The van der Waals surface area contributed by atoms with Crippen LogP contribution in [-0.4, -0.2) is 18.6 Å². The fourth-order valence-corrected chi connectivity index (χ4v) is 2.68. The highest BCUT2D eigenvalue weighted by Gasteiger charge is 2.22. The van der Waals surface area contributed by atoms with E-state index in [1.54, 1.807) is 24.3 Å². The number of nitrogens with one attached hydrogen (secondary N) is 1. The molecule has 4 nitrogen and oxygen atoms in total. The van der Waals surface area contributed by atoms with Crippen LogP contribution in [0.25, 0.3) is 0 Å². The number of hydrogen-bond donors (Lipinski definition) is 2. The zero-order valence-corrected chi connectivity index (χ0v) is 11.7. The van der Waals surface area contributed by atoms with Gasteiger partial charge in [-0.25, -0.2) is 0 Å². The number of hydrogen-bond acceptors (Lipinski definition) is 3. The van der Waals surface area contributed by atoms with E-state index < -0.39 is 0 Å². The van der Waals surface area contributed by atoms with E-state index in [0.717, 1.165) is 12.8 Å². The average Bonchev–Trinajstić information content (AvgIpc) is 2.87. The third kappa shape index (κ3) is 3.34. The van der Waals surface area contributed by atoms with Gasteiger partial charge in [0.1, 0.15) is 5.75 Å². The smallest absolute Gasteiger partial charge is 0.258 e. The van der Waals surface area contributed by atoms with Crippen LogP contribution in [0.15, 0.2) is 48.5 Å². The molecule has 1 amide bonds. The fourth-order valence-electron chi connectivity index (χ4n) is 2.68. The number of nitrogen functional groups attached to an aromatic ring is 1. The molecule has 3 N–H and O–H groups in total. The van der Waals surface area contributed by atoms with Crippen molar-refractivity contribution in [2.75, 3.05) is 12.3 Å². The van der Waals surface area contributed by atoms with Crippen LogP contribution in [0.4, 0.5) is 5.69 Å².